The van der Waals surface area contributed by atoms with E-state index < -0.39 is 23.4 Å². The van der Waals surface area contributed by atoms with E-state index >= 15 is 0 Å². The number of carbonyl (C=O) groups is 2. The van der Waals surface area contributed by atoms with Gasteiger partial charge in [-0.15, -0.1) is 0 Å². The number of hydrogen-bond acceptors (Lipinski definition) is 3. The van der Waals surface area contributed by atoms with Gasteiger partial charge in [-0.25, -0.2) is 13.7 Å². The maximum Gasteiger partial charge on any atom is 0.282 e. The molecule has 0 aromatic heterocycles. The number of anilines is 2. The van der Waals surface area contributed by atoms with Gasteiger partial charge in [0.25, 0.3) is 11.8 Å². The molecule has 0 spiro atoms. The van der Waals surface area contributed by atoms with Crippen molar-refractivity contribution in [1.29, 1.82) is 0 Å². The summed E-state index contributed by atoms with van der Waals surface area (Å²) in [5.41, 5.74) is 5.12. The second-order valence-electron chi connectivity index (χ2n) is 8.04. The van der Waals surface area contributed by atoms with Gasteiger partial charge in [-0.05, 0) is 73.7 Å². The lowest BCUT2D eigenvalue weighted by Crippen LogP contribution is -2.33. The minimum Gasteiger partial charge on any atom is -0.350 e. The Kier molecular flexibility index (Phi) is 5.38. The molecule has 4 rings (SSSR count). The van der Waals surface area contributed by atoms with Crippen molar-refractivity contribution in [2.45, 2.75) is 27.7 Å². The second-order valence-corrected chi connectivity index (χ2v) is 8.04. The Balaban J connectivity index is 1.88. The SMILES string of the molecule is Cc1ccc(C)c(N2C(=O)C(Nc3ccc(F)c(F)c3)=C(c3ccc(C)c(C)c3)C2=O)c1. The van der Waals surface area contributed by atoms with Crippen LogP contribution in [0.1, 0.15) is 27.8 Å². The summed E-state index contributed by atoms with van der Waals surface area (Å²) < 4.78 is 27.2. The molecular formula is C26H22F2N2O2. The lowest BCUT2D eigenvalue weighted by Gasteiger charge is -2.18. The van der Waals surface area contributed by atoms with Crippen molar-refractivity contribution >= 4 is 28.8 Å². The summed E-state index contributed by atoms with van der Waals surface area (Å²) in [6.07, 6.45) is 0. The van der Waals surface area contributed by atoms with E-state index in [1.54, 1.807) is 12.1 Å². The van der Waals surface area contributed by atoms with Crippen molar-refractivity contribution < 1.29 is 18.4 Å². The van der Waals surface area contributed by atoms with Crippen LogP contribution in [-0.4, -0.2) is 11.8 Å². The summed E-state index contributed by atoms with van der Waals surface area (Å²) in [4.78, 5) is 28.2. The van der Waals surface area contributed by atoms with Gasteiger partial charge in [0, 0.05) is 11.8 Å². The number of aryl methyl sites for hydroxylation is 4. The molecule has 0 aliphatic carbocycles. The smallest absolute Gasteiger partial charge is 0.282 e. The van der Waals surface area contributed by atoms with Gasteiger partial charge >= 0.3 is 0 Å². The predicted octanol–water partition coefficient (Wildman–Crippen LogP) is 5.60. The fourth-order valence-corrected chi connectivity index (χ4v) is 3.71. The van der Waals surface area contributed by atoms with Crippen LogP contribution in [-0.2, 0) is 9.59 Å². The van der Waals surface area contributed by atoms with E-state index in [9.17, 15) is 18.4 Å². The van der Waals surface area contributed by atoms with Gasteiger partial charge in [-0.3, -0.25) is 9.59 Å². The first-order chi connectivity index (χ1) is 15.2. The number of nitrogens with zero attached hydrogens (tertiary/aromatic N) is 1. The van der Waals surface area contributed by atoms with E-state index in [1.165, 1.54) is 6.07 Å². The number of halogens is 2. The van der Waals surface area contributed by atoms with Crippen LogP contribution < -0.4 is 10.2 Å². The van der Waals surface area contributed by atoms with Crippen molar-refractivity contribution in [3.63, 3.8) is 0 Å². The number of hydrogen-bond donors (Lipinski definition) is 1. The maximum atomic E-state index is 13.8. The van der Waals surface area contributed by atoms with E-state index in [2.05, 4.69) is 5.32 Å². The second kappa shape index (κ2) is 8.04. The number of imide groups is 1. The number of amides is 2. The van der Waals surface area contributed by atoms with Crippen LogP contribution in [0.4, 0.5) is 20.2 Å². The largest absolute Gasteiger partial charge is 0.350 e. The van der Waals surface area contributed by atoms with E-state index in [0.29, 0.717) is 11.3 Å². The molecule has 1 aliphatic heterocycles. The molecule has 0 radical (unpaired) electrons. The molecule has 1 N–H and O–H groups in total. The molecule has 32 heavy (non-hydrogen) atoms. The van der Waals surface area contributed by atoms with Gasteiger partial charge in [0.2, 0.25) is 0 Å². The van der Waals surface area contributed by atoms with Crippen molar-refractivity contribution in [2.24, 2.45) is 0 Å². The third kappa shape index (κ3) is 3.68. The number of nitrogens with one attached hydrogen (secondary N) is 1. The highest BCUT2D eigenvalue weighted by Gasteiger charge is 2.41. The Morgan fingerprint density at radius 2 is 1.44 bits per heavy atom. The molecule has 6 heteroatoms. The molecule has 1 aliphatic rings. The van der Waals surface area contributed by atoms with Crippen molar-refractivity contribution in [3.05, 3.63) is 99.7 Å². The molecule has 2 amide bonds. The molecule has 0 saturated carbocycles. The Morgan fingerprint density at radius 3 is 2.12 bits per heavy atom. The van der Waals surface area contributed by atoms with Gasteiger partial charge in [0.05, 0.1) is 11.3 Å². The molecule has 0 saturated heterocycles. The summed E-state index contributed by atoms with van der Waals surface area (Å²) in [5.74, 6) is -3.07. The molecule has 3 aromatic rings. The van der Waals surface area contributed by atoms with Gasteiger partial charge in [-0.1, -0.05) is 30.3 Å². The Labute approximate surface area is 185 Å². The van der Waals surface area contributed by atoms with Gasteiger partial charge in [0.15, 0.2) is 11.6 Å². The zero-order chi connectivity index (χ0) is 23.2. The Hall–Kier alpha value is -3.80. The predicted molar refractivity (Wildman–Crippen MR) is 121 cm³/mol. The van der Waals surface area contributed by atoms with Crippen LogP contribution in [0.15, 0.2) is 60.3 Å². The fourth-order valence-electron chi connectivity index (χ4n) is 3.71. The Morgan fingerprint density at radius 1 is 0.719 bits per heavy atom. The molecule has 0 atom stereocenters. The molecular weight excluding hydrogens is 410 g/mol. The maximum absolute atomic E-state index is 13.8. The topological polar surface area (TPSA) is 49.4 Å². The highest BCUT2D eigenvalue weighted by atomic mass is 19.2. The number of rotatable bonds is 4. The average Bonchev–Trinajstić information content (AvgIpc) is 2.98. The van der Waals surface area contributed by atoms with E-state index in [0.717, 1.165) is 39.3 Å². The number of benzene rings is 3. The van der Waals surface area contributed by atoms with Gasteiger partial charge < -0.3 is 5.32 Å². The Bertz CT molecular complexity index is 1310. The summed E-state index contributed by atoms with van der Waals surface area (Å²) in [7, 11) is 0. The first-order valence-electron chi connectivity index (χ1n) is 10.2. The zero-order valence-electron chi connectivity index (χ0n) is 18.2. The van der Waals surface area contributed by atoms with Crippen molar-refractivity contribution in [1.82, 2.24) is 0 Å². The van der Waals surface area contributed by atoms with Gasteiger partial charge in [0.1, 0.15) is 5.70 Å². The average molecular weight is 432 g/mol. The molecule has 0 unspecified atom stereocenters. The first-order valence-corrected chi connectivity index (χ1v) is 10.2. The highest BCUT2D eigenvalue weighted by molar-refractivity contribution is 6.46. The van der Waals surface area contributed by atoms with E-state index in [1.807, 2.05) is 52.0 Å². The quantitative estimate of drug-likeness (QED) is 0.547. The highest BCUT2D eigenvalue weighted by Crippen LogP contribution is 2.36. The van der Waals surface area contributed by atoms with Crippen LogP contribution in [0.3, 0.4) is 0 Å². The molecule has 162 valence electrons. The number of carbonyl (C=O) groups excluding carboxylic acids is 2. The van der Waals surface area contributed by atoms with Crippen molar-refractivity contribution in [3.8, 4) is 0 Å². The molecule has 0 bridgehead atoms. The van der Waals surface area contributed by atoms with Crippen LogP contribution in [0.2, 0.25) is 0 Å². The minimum atomic E-state index is -1.05. The van der Waals surface area contributed by atoms with E-state index in [4.69, 9.17) is 0 Å². The fraction of sp³-hybridized carbons (Fsp3) is 0.154. The third-order valence-corrected chi connectivity index (χ3v) is 5.67. The molecule has 4 nitrogen and oxygen atoms in total. The molecule has 0 fully saturated rings. The normalized spacial score (nSPS) is 13.9. The summed E-state index contributed by atoms with van der Waals surface area (Å²) in [6.45, 7) is 7.58. The molecule has 1 heterocycles. The van der Waals surface area contributed by atoms with E-state index in [-0.39, 0.29) is 17.0 Å². The van der Waals surface area contributed by atoms with Crippen LogP contribution in [0.5, 0.6) is 0 Å². The summed E-state index contributed by atoms with van der Waals surface area (Å²) >= 11 is 0. The lowest BCUT2D eigenvalue weighted by molar-refractivity contribution is -0.120. The summed E-state index contributed by atoms with van der Waals surface area (Å²) in [6, 6.07) is 14.3. The minimum absolute atomic E-state index is 0.0187. The molecule has 3 aromatic carbocycles. The van der Waals surface area contributed by atoms with Gasteiger partial charge in [-0.2, -0.15) is 0 Å². The summed E-state index contributed by atoms with van der Waals surface area (Å²) in [5, 5.41) is 2.87. The lowest BCUT2D eigenvalue weighted by atomic mass is 9.99. The van der Waals surface area contributed by atoms with Crippen molar-refractivity contribution in [2.75, 3.05) is 10.2 Å². The standard InChI is InChI=1S/C26H22F2N2O2/c1-14-5-6-16(3)22(11-14)30-25(31)23(18-8-7-15(2)17(4)12-18)24(26(30)32)29-19-9-10-20(27)21(28)13-19/h5-13,29H,1-4H3. The van der Waals surface area contributed by atoms with Crippen LogP contribution in [0, 0.1) is 39.3 Å². The zero-order valence-corrected chi connectivity index (χ0v) is 18.2. The van der Waals surface area contributed by atoms with Crippen LogP contribution >= 0.6 is 0 Å². The first kappa shape index (κ1) is 21.4. The van der Waals surface area contributed by atoms with Crippen LogP contribution in [0.25, 0.3) is 5.57 Å². The monoisotopic (exact) mass is 432 g/mol. The third-order valence-electron chi connectivity index (χ3n) is 5.67.